The summed E-state index contributed by atoms with van der Waals surface area (Å²) in [5.41, 5.74) is 7.97. The Labute approximate surface area is 346 Å². The topological polar surface area (TPSA) is 103 Å². The van der Waals surface area contributed by atoms with E-state index in [1.165, 1.54) is 11.1 Å². The van der Waals surface area contributed by atoms with Crippen molar-refractivity contribution in [1.82, 2.24) is 34.6 Å². The van der Waals surface area contributed by atoms with Crippen LogP contribution in [0.3, 0.4) is 0 Å². The van der Waals surface area contributed by atoms with Crippen LogP contribution >= 0.6 is 8.53 Å². The molecule has 292 valence electrons. The average Bonchev–Trinajstić information content (AvgIpc) is 3.22. The Hall–Kier alpha value is -4.68. The predicted molar refractivity (Wildman–Crippen MR) is 222 cm³/mol. The molecule has 6 aromatic rings. The Bertz CT molecular complexity index is 1810. The molecule has 0 N–H and O–H groups in total. The van der Waals surface area contributed by atoms with Crippen molar-refractivity contribution in [2.24, 2.45) is 0 Å². The van der Waals surface area contributed by atoms with E-state index in [0.717, 1.165) is 59.8 Å². The van der Waals surface area contributed by atoms with Crippen molar-refractivity contribution in [3.05, 3.63) is 157 Å². The number of aromatic nitrogens is 6. The molecule has 6 heterocycles. The Morgan fingerprint density at radius 3 is 1.46 bits per heavy atom. The van der Waals surface area contributed by atoms with Crippen LogP contribution in [-0.2, 0) is 34.9 Å². The summed E-state index contributed by atoms with van der Waals surface area (Å²) in [7, 11) is -1.20. The van der Waals surface area contributed by atoms with E-state index in [-0.39, 0.29) is 26.2 Å². The molecule has 1 unspecified atom stereocenters. The third kappa shape index (κ3) is 16.2. The maximum Gasteiger partial charge on any atom is 0.324 e. The molecule has 0 radical (unpaired) electrons. The van der Waals surface area contributed by atoms with Gasteiger partial charge in [0.05, 0.1) is 40.8 Å². The standard InChI is InChI=1S/C24H35N4O2P.2C10H8N2.Ru/c1-19(2)28(20(3)4)31(30-18-25-6)29-15-9-7-8-10-22-12-14-27-24(17-22)23-16-21(5)11-13-26-23;2*1-3-7-11-9(5-1)10-6-2-4-8-12-10;/h11-14,16-17,19-20H,7-10,15,18H2,1-5H3;2*1-8H;. The van der Waals surface area contributed by atoms with E-state index in [1.54, 1.807) is 24.8 Å². The van der Waals surface area contributed by atoms with Gasteiger partial charge in [-0.15, -0.1) is 0 Å². The van der Waals surface area contributed by atoms with Gasteiger partial charge in [-0.3, -0.25) is 34.7 Å². The smallest absolute Gasteiger partial charge is 0.322 e. The van der Waals surface area contributed by atoms with Crippen LogP contribution in [0.1, 0.15) is 58.1 Å². The monoisotopic (exact) mass is 856 g/mol. The van der Waals surface area contributed by atoms with E-state index in [1.807, 2.05) is 91.3 Å². The summed E-state index contributed by atoms with van der Waals surface area (Å²) < 4.78 is 14.0. The first-order valence-corrected chi connectivity index (χ1v) is 19.7. The first-order valence-electron chi connectivity index (χ1n) is 18.6. The van der Waals surface area contributed by atoms with E-state index in [4.69, 9.17) is 15.6 Å². The SMILES string of the molecule is [C-]#[N+]COP(OCCCCCc1ccnc(-c2cc(C)ccn2)c1)N(C(C)C)C(C)C.[Ru].c1ccc(-c2ccccn2)nc1.c1ccc(-c2ccccn2)nc1. The van der Waals surface area contributed by atoms with Gasteiger partial charge in [0.2, 0.25) is 0 Å². The second kappa shape index (κ2) is 26.2. The molecule has 0 fully saturated rings. The maximum atomic E-state index is 7.01. The maximum absolute atomic E-state index is 7.01. The molecular formula is C44H51N8O2PRu. The fourth-order valence-corrected chi connectivity index (χ4v) is 7.01. The molecule has 0 aromatic carbocycles. The van der Waals surface area contributed by atoms with Crippen LogP contribution in [0, 0.1) is 13.5 Å². The number of unbranched alkanes of at least 4 members (excludes halogenated alkanes) is 2. The zero-order chi connectivity index (χ0) is 39.1. The van der Waals surface area contributed by atoms with E-state index < -0.39 is 8.53 Å². The van der Waals surface area contributed by atoms with Crippen molar-refractivity contribution in [2.45, 2.75) is 72.4 Å². The van der Waals surface area contributed by atoms with E-state index in [9.17, 15) is 0 Å². The average molecular weight is 856 g/mol. The molecule has 0 saturated heterocycles. The quantitative estimate of drug-likeness (QED) is 0.0432. The van der Waals surface area contributed by atoms with Gasteiger partial charge < -0.3 is 4.52 Å². The van der Waals surface area contributed by atoms with Crippen LogP contribution in [-0.4, -0.2) is 60.0 Å². The van der Waals surface area contributed by atoms with E-state index in [2.05, 4.69) is 92.2 Å². The zero-order valence-corrected chi connectivity index (χ0v) is 35.4. The Morgan fingerprint density at radius 2 is 1.04 bits per heavy atom. The first kappa shape index (κ1) is 45.7. The van der Waals surface area contributed by atoms with Gasteiger partial charge in [-0.1, -0.05) is 30.7 Å². The van der Waals surface area contributed by atoms with Crippen molar-refractivity contribution in [3.8, 4) is 34.2 Å². The fraction of sp³-hybridized carbons (Fsp3) is 0.295. The second-order valence-corrected chi connectivity index (χ2v) is 14.4. The van der Waals surface area contributed by atoms with Crippen LogP contribution in [0.25, 0.3) is 39.0 Å². The zero-order valence-electron chi connectivity index (χ0n) is 32.8. The molecule has 0 spiro atoms. The van der Waals surface area contributed by atoms with Gasteiger partial charge in [-0.2, -0.15) is 0 Å². The largest absolute Gasteiger partial charge is 0.324 e. The first-order chi connectivity index (χ1) is 26.9. The number of rotatable bonds is 15. The third-order valence-corrected chi connectivity index (χ3v) is 10.0. The molecule has 6 aromatic heterocycles. The van der Waals surface area contributed by atoms with Crippen LogP contribution in [0.2, 0.25) is 0 Å². The van der Waals surface area contributed by atoms with Crippen LogP contribution in [0.5, 0.6) is 0 Å². The molecule has 10 nitrogen and oxygen atoms in total. The summed E-state index contributed by atoms with van der Waals surface area (Å²) in [5.74, 6) is 0. The normalized spacial score (nSPS) is 11.1. The fourth-order valence-electron chi connectivity index (χ4n) is 5.48. The van der Waals surface area contributed by atoms with Gasteiger partial charge >= 0.3 is 6.73 Å². The Balaban J connectivity index is 0.000000271. The van der Waals surface area contributed by atoms with Gasteiger partial charge in [-0.05, 0) is 138 Å². The van der Waals surface area contributed by atoms with Crippen molar-refractivity contribution in [2.75, 3.05) is 13.3 Å². The summed E-state index contributed by atoms with van der Waals surface area (Å²) in [6, 6.07) is 32.1. The third-order valence-electron chi connectivity index (χ3n) is 7.98. The second-order valence-electron chi connectivity index (χ2n) is 13.0. The summed E-state index contributed by atoms with van der Waals surface area (Å²) in [5, 5.41) is 0. The van der Waals surface area contributed by atoms with Gasteiger partial charge in [0.15, 0.2) is 0 Å². The molecule has 0 aliphatic rings. The van der Waals surface area contributed by atoms with Crippen molar-refractivity contribution < 1.29 is 28.5 Å². The molecule has 12 heteroatoms. The van der Waals surface area contributed by atoms with Gasteiger partial charge in [0, 0.05) is 68.7 Å². The van der Waals surface area contributed by atoms with Gasteiger partial charge in [0.1, 0.15) is 0 Å². The number of pyridine rings is 6. The van der Waals surface area contributed by atoms with E-state index in [0.29, 0.717) is 18.7 Å². The molecular weight excluding hydrogens is 805 g/mol. The van der Waals surface area contributed by atoms with Crippen molar-refractivity contribution in [3.63, 3.8) is 0 Å². The minimum Gasteiger partial charge on any atom is -0.322 e. The Kier molecular flexibility index (Phi) is 21.4. The molecule has 0 bridgehead atoms. The number of aryl methyl sites for hydroxylation is 2. The Morgan fingerprint density at radius 1 is 0.571 bits per heavy atom. The molecule has 0 aliphatic heterocycles. The van der Waals surface area contributed by atoms with Crippen LogP contribution in [0.15, 0.2) is 134 Å². The summed E-state index contributed by atoms with van der Waals surface area (Å²) >= 11 is 0. The molecule has 56 heavy (non-hydrogen) atoms. The number of hydrogen-bond donors (Lipinski definition) is 0. The molecule has 0 aliphatic carbocycles. The minimum atomic E-state index is -1.20. The molecule has 0 amide bonds. The van der Waals surface area contributed by atoms with Crippen LogP contribution in [0.4, 0.5) is 0 Å². The van der Waals surface area contributed by atoms with Crippen molar-refractivity contribution in [1.29, 1.82) is 0 Å². The number of nitrogens with zero attached hydrogens (tertiary/aromatic N) is 8. The summed E-state index contributed by atoms with van der Waals surface area (Å²) in [6.07, 6.45) is 14.9. The summed E-state index contributed by atoms with van der Waals surface area (Å²) in [4.78, 5) is 29.0. The summed E-state index contributed by atoms with van der Waals surface area (Å²) in [6.45, 7) is 18.3. The van der Waals surface area contributed by atoms with Gasteiger partial charge in [0.25, 0.3) is 8.53 Å². The molecule has 1 atom stereocenters. The molecule has 6 rings (SSSR count). The van der Waals surface area contributed by atoms with Crippen molar-refractivity contribution >= 4 is 8.53 Å². The number of hydrogen-bond acceptors (Lipinski definition) is 9. The minimum absolute atomic E-state index is 0. The van der Waals surface area contributed by atoms with Crippen LogP contribution < -0.4 is 0 Å². The molecule has 0 saturated carbocycles. The van der Waals surface area contributed by atoms with E-state index >= 15 is 0 Å². The van der Waals surface area contributed by atoms with Gasteiger partial charge in [-0.25, -0.2) is 15.8 Å². The predicted octanol–water partition coefficient (Wildman–Crippen LogP) is 10.7.